The quantitative estimate of drug-likeness (QED) is 0.741. The van der Waals surface area contributed by atoms with Crippen LogP contribution < -0.4 is 11.1 Å². The number of hydrogen-bond acceptors (Lipinski definition) is 4. The number of nitrogens with two attached hydrogens (primary N) is 1. The number of carbonyl (C=O) groups is 1. The number of nitrogens with one attached hydrogen (secondary N) is 1. The molecule has 5 heteroatoms. The number of likely N-dealkylation sites (N-methyl/N-ethyl adjacent to an activating group) is 1. The Hall–Kier alpha value is -1.46. The largest absolute Gasteiger partial charge is 0.355 e. The summed E-state index contributed by atoms with van der Waals surface area (Å²) >= 11 is 0. The first-order valence-corrected chi connectivity index (χ1v) is 6.27. The number of rotatable bonds is 7. The van der Waals surface area contributed by atoms with Crippen LogP contribution in [0, 0.1) is 0 Å². The van der Waals surface area contributed by atoms with Crippen LogP contribution in [-0.2, 0) is 4.79 Å². The fourth-order valence-corrected chi connectivity index (χ4v) is 1.76. The minimum atomic E-state index is -0.0291. The van der Waals surface area contributed by atoms with Crippen molar-refractivity contribution in [1.82, 2.24) is 15.2 Å². The Kier molecular flexibility index (Phi) is 6.32. The molecule has 18 heavy (non-hydrogen) atoms. The molecule has 1 heterocycles. The summed E-state index contributed by atoms with van der Waals surface area (Å²) in [5.74, 6) is 0.0220. The van der Waals surface area contributed by atoms with Gasteiger partial charge in [0.1, 0.15) is 0 Å². The molecule has 0 radical (unpaired) electrons. The summed E-state index contributed by atoms with van der Waals surface area (Å²) in [7, 11) is 1.89. The normalized spacial score (nSPS) is 12.4. The van der Waals surface area contributed by atoms with Crippen molar-refractivity contribution in [2.24, 2.45) is 5.73 Å². The van der Waals surface area contributed by atoms with Gasteiger partial charge in [-0.3, -0.25) is 14.7 Å². The highest BCUT2D eigenvalue weighted by atomic mass is 16.2. The van der Waals surface area contributed by atoms with Crippen molar-refractivity contribution < 1.29 is 4.79 Å². The summed E-state index contributed by atoms with van der Waals surface area (Å²) in [6.07, 6.45) is 2.68. The molecule has 1 aromatic heterocycles. The van der Waals surface area contributed by atoms with E-state index in [9.17, 15) is 4.79 Å². The Labute approximate surface area is 108 Å². The molecule has 1 atom stereocenters. The van der Waals surface area contributed by atoms with Gasteiger partial charge in [0, 0.05) is 19.3 Å². The Morgan fingerprint density at radius 3 is 2.89 bits per heavy atom. The van der Waals surface area contributed by atoms with Crippen LogP contribution in [0.4, 0.5) is 0 Å². The maximum Gasteiger partial charge on any atom is 0.234 e. The number of hydrogen-bond donors (Lipinski definition) is 2. The average molecular weight is 250 g/mol. The SMILES string of the molecule is CCCNC(=O)CN(C)C(CN)c1ccccn1. The average Bonchev–Trinajstić information content (AvgIpc) is 2.38. The monoisotopic (exact) mass is 250 g/mol. The minimum Gasteiger partial charge on any atom is -0.355 e. The van der Waals surface area contributed by atoms with Crippen molar-refractivity contribution in [2.75, 3.05) is 26.7 Å². The van der Waals surface area contributed by atoms with Crippen LogP contribution in [0.15, 0.2) is 24.4 Å². The molecule has 100 valence electrons. The van der Waals surface area contributed by atoms with Gasteiger partial charge in [0.25, 0.3) is 0 Å². The zero-order valence-corrected chi connectivity index (χ0v) is 11.1. The predicted molar refractivity (Wildman–Crippen MR) is 72.0 cm³/mol. The molecule has 1 aromatic rings. The van der Waals surface area contributed by atoms with Gasteiger partial charge < -0.3 is 11.1 Å². The smallest absolute Gasteiger partial charge is 0.234 e. The number of aromatic nitrogens is 1. The van der Waals surface area contributed by atoms with Crippen molar-refractivity contribution in [3.05, 3.63) is 30.1 Å². The van der Waals surface area contributed by atoms with E-state index in [4.69, 9.17) is 5.73 Å². The molecule has 3 N–H and O–H groups in total. The van der Waals surface area contributed by atoms with Gasteiger partial charge in [0.05, 0.1) is 18.3 Å². The lowest BCUT2D eigenvalue weighted by Gasteiger charge is -2.25. The highest BCUT2D eigenvalue weighted by molar-refractivity contribution is 5.77. The number of nitrogens with zero attached hydrogens (tertiary/aromatic N) is 2. The molecule has 0 aromatic carbocycles. The van der Waals surface area contributed by atoms with Gasteiger partial charge in [-0.2, -0.15) is 0 Å². The first kappa shape index (κ1) is 14.6. The van der Waals surface area contributed by atoms with Gasteiger partial charge in [0.15, 0.2) is 0 Å². The van der Waals surface area contributed by atoms with Crippen molar-refractivity contribution in [3.8, 4) is 0 Å². The molecule has 1 rings (SSSR count). The molecule has 0 aliphatic heterocycles. The van der Waals surface area contributed by atoms with Crippen LogP contribution in [-0.4, -0.2) is 42.5 Å². The highest BCUT2D eigenvalue weighted by Gasteiger charge is 2.18. The third-order valence-corrected chi connectivity index (χ3v) is 2.75. The van der Waals surface area contributed by atoms with E-state index in [0.29, 0.717) is 19.6 Å². The van der Waals surface area contributed by atoms with Crippen LogP contribution in [0.5, 0.6) is 0 Å². The van der Waals surface area contributed by atoms with Crippen LogP contribution in [0.2, 0.25) is 0 Å². The fraction of sp³-hybridized carbons (Fsp3) is 0.538. The van der Waals surface area contributed by atoms with Crippen molar-refractivity contribution >= 4 is 5.91 Å². The number of pyridine rings is 1. The second-order valence-electron chi connectivity index (χ2n) is 4.27. The zero-order valence-electron chi connectivity index (χ0n) is 11.1. The Balaban J connectivity index is 2.57. The third-order valence-electron chi connectivity index (χ3n) is 2.75. The predicted octanol–water partition coefficient (Wildman–Crippen LogP) is 0.539. The first-order valence-electron chi connectivity index (χ1n) is 6.27. The molecule has 0 saturated heterocycles. The van der Waals surface area contributed by atoms with Crippen molar-refractivity contribution in [3.63, 3.8) is 0 Å². The molecule has 0 aliphatic rings. The lowest BCUT2D eigenvalue weighted by molar-refractivity contribution is -0.122. The van der Waals surface area contributed by atoms with Gasteiger partial charge in [-0.15, -0.1) is 0 Å². The summed E-state index contributed by atoms with van der Waals surface area (Å²) in [6, 6.07) is 5.69. The van der Waals surface area contributed by atoms with Gasteiger partial charge in [-0.1, -0.05) is 13.0 Å². The number of amides is 1. The van der Waals surface area contributed by atoms with E-state index in [1.807, 2.05) is 37.1 Å². The Morgan fingerprint density at radius 2 is 2.33 bits per heavy atom. The molecule has 1 amide bonds. The van der Waals surface area contributed by atoms with Crippen molar-refractivity contribution in [2.45, 2.75) is 19.4 Å². The molecule has 0 fully saturated rings. The van der Waals surface area contributed by atoms with Crippen LogP contribution in [0.1, 0.15) is 25.1 Å². The van der Waals surface area contributed by atoms with E-state index in [0.717, 1.165) is 12.1 Å². The second-order valence-corrected chi connectivity index (χ2v) is 4.27. The summed E-state index contributed by atoms with van der Waals surface area (Å²) in [5.41, 5.74) is 6.66. The Morgan fingerprint density at radius 1 is 1.56 bits per heavy atom. The standard InChI is InChI=1S/C13H22N4O/c1-3-7-16-13(18)10-17(2)12(9-14)11-6-4-5-8-15-11/h4-6,8,12H,3,7,9-10,14H2,1-2H3,(H,16,18). The van der Waals surface area contributed by atoms with Crippen molar-refractivity contribution in [1.29, 1.82) is 0 Å². The summed E-state index contributed by atoms with van der Waals surface area (Å²) in [5, 5.41) is 2.85. The molecule has 5 nitrogen and oxygen atoms in total. The highest BCUT2D eigenvalue weighted by Crippen LogP contribution is 2.14. The first-order chi connectivity index (χ1) is 8.69. The summed E-state index contributed by atoms with van der Waals surface area (Å²) in [4.78, 5) is 17.9. The molecule has 0 bridgehead atoms. The zero-order chi connectivity index (χ0) is 13.4. The molecular weight excluding hydrogens is 228 g/mol. The van der Waals surface area contributed by atoms with Crippen LogP contribution >= 0.6 is 0 Å². The fourth-order valence-electron chi connectivity index (χ4n) is 1.76. The third kappa shape index (κ3) is 4.43. The van der Waals surface area contributed by atoms with Crippen LogP contribution in [0.25, 0.3) is 0 Å². The number of carbonyl (C=O) groups excluding carboxylic acids is 1. The van der Waals surface area contributed by atoms with E-state index in [2.05, 4.69) is 10.3 Å². The maximum absolute atomic E-state index is 11.7. The van der Waals surface area contributed by atoms with Gasteiger partial charge >= 0.3 is 0 Å². The molecule has 0 aliphatic carbocycles. The van der Waals surface area contributed by atoms with Gasteiger partial charge in [-0.25, -0.2) is 0 Å². The lowest BCUT2D eigenvalue weighted by Crippen LogP contribution is -2.39. The Bertz CT molecular complexity index is 355. The minimum absolute atomic E-state index is 0.0220. The maximum atomic E-state index is 11.7. The van der Waals surface area contributed by atoms with Gasteiger partial charge in [-0.05, 0) is 25.6 Å². The van der Waals surface area contributed by atoms with E-state index < -0.39 is 0 Å². The molecule has 1 unspecified atom stereocenters. The van der Waals surface area contributed by atoms with E-state index >= 15 is 0 Å². The summed E-state index contributed by atoms with van der Waals surface area (Å²) < 4.78 is 0. The molecular formula is C13H22N4O. The van der Waals surface area contributed by atoms with E-state index in [1.165, 1.54) is 0 Å². The van der Waals surface area contributed by atoms with E-state index in [1.54, 1.807) is 6.20 Å². The van der Waals surface area contributed by atoms with Crippen LogP contribution in [0.3, 0.4) is 0 Å². The molecule has 0 spiro atoms. The topological polar surface area (TPSA) is 71.2 Å². The van der Waals surface area contributed by atoms with Gasteiger partial charge in [0.2, 0.25) is 5.91 Å². The summed E-state index contributed by atoms with van der Waals surface area (Å²) in [6.45, 7) is 3.51. The lowest BCUT2D eigenvalue weighted by atomic mass is 10.1. The van der Waals surface area contributed by atoms with E-state index in [-0.39, 0.29) is 11.9 Å². The second kappa shape index (κ2) is 7.79. The molecule has 0 saturated carbocycles.